The molecule has 1 aliphatic heterocycles. The zero-order valence-electron chi connectivity index (χ0n) is 22.2. The highest BCUT2D eigenvalue weighted by atomic mass is 16.6. The third kappa shape index (κ3) is 6.78. The van der Waals surface area contributed by atoms with Gasteiger partial charge in [0.05, 0.1) is 6.61 Å². The Morgan fingerprint density at radius 1 is 1.21 bits per heavy atom. The molecule has 2 heterocycles. The summed E-state index contributed by atoms with van der Waals surface area (Å²) in [4.78, 5) is 33.5. The first-order chi connectivity index (χ1) is 18.0. The van der Waals surface area contributed by atoms with Crippen molar-refractivity contribution in [1.29, 1.82) is 0 Å². The number of hydrogen-bond donors (Lipinski definition) is 2. The molecule has 1 unspecified atom stereocenters. The fourth-order valence-corrected chi connectivity index (χ4v) is 4.13. The molecule has 11 nitrogen and oxygen atoms in total. The van der Waals surface area contributed by atoms with Gasteiger partial charge in [-0.3, -0.25) is 5.32 Å². The lowest BCUT2D eigenvalue weighted by molar-refractivity contribution is 0.0555. The lowest BCUT2D eigenvalue weighted by Crippen LogP contribution is -2.46. The van der Waals surface area contributed by atoms with Gasteiger partial charge in [0.2, 0.25) is 17.7 Å². The number of fused-ring (bicyclic) bond motifs is 1. The Kier molecular flexibility index (Phi) is 7.84. The van der Waals surface area contributed by atoms with Gasteiger partial charge in [0, 0.05) is 12.1 Å². The minimum atomic E-state index is -1.44. The molecule has 1 fully saturated rings. The van der Waals surface area contributed by atoms with E-state index in [0.717, 1.165) is 22.1 Å². The second-order valence-corrected chi connectivity index (χ2v) is 10.6. The largest absolute Gasteiger partial charge is 0.493 e. The third-order valence-electron chi connectivity index (χ3n) is 5.72. The topological polar surface area (TPSA) is 139 Å². The van der Waals surface area contributed by atoms with Crippen molar-refractivity contribution in [3.63, 3.8) is 0 Å². The van der Waals surface area contributed by atoms with Crippen LogP contribution < -0.4 is 10.1 Å². The highest BCUT2D eigenvalue weighted by Gasteiger charge is 2.35. The van der Waals surface area contributed by atoms with Crippen LogP contribution >= 0.6 is 0 Å². The fourth-order valence-electron chi connectivity index (χ4n) is 4.13. The molecule has 0 saturated carbocycles. The quantitative estimate of drug-likeness (QED) is 0.322. The molecule has 3 aromatic rings. The second-order valence-electron chi connectivity index (χ2n) is 10.6. The number of hydrogen-bond acceptors (Lipinski definition) is 7. The van der Waals surface area contributed by atoms with Crippen LogP contribution in [0.1, 0.15) is 59.4 Å². The van der Waals surface area contributed by atoms with Gasteiger partial charge in [-0.05, 0) is 68.5 Å². The number of nitrogens with one attached hydrogen (secondary N) is 1. The molecule has 38 heavy (non-hydrogen) atoms. The van der Waals surface area contributed by atoms with Crippen molar-refractivity contribution in [2.75, 3.05) is 13.2 Å². The maximum Gasteiger partial charge on any atom is 0.434 e. The number of benzene rings is 2. The molecular weight excluding hydrogens is 490 g/mol. The fraction of sp³-hybridized carbons (Fsp3) is 0.444. The van der Waals surface area contributed by atoms with Crippen LogP contribution in [0.3, 0.4) is 0 Å². The van der Waals surface area contributed by atoms with Crippen molar-refractivity contribution in [3.05, 3.63) is 42.3 Å². The number of rotatable bonds is 5. The van der Waals surface area contributed by atoms with Crippen molar-refractivity contribution < 1.29 is 28.7 Å². The molecule has 0 bridgehead atoms. The van der Waals surface area contributed by atoms with Crippen LogP contribution in [0.5, 0.6) is 5.75 Å². The summed E-state index contributed by atoms with van der Waals surface area (Å²) < 4.78 is 16.7. The van der Waals surface area contributed by atoms with E-state index in [4.69, 9.17) is 14.0 Å². The Labute approximate surface area is 220 Å². The van der Waals surface area contributed by atoms with Gasteiger partial charge in [-0.15, -0.1) is 4.99 Å². The summed E-state index contributed by atoms with van der Waals surface area (Å²) in [6, 6.07) is 11.3. The molecule has 0 radical (unpaired) electrons. The summed E-state index contributed by atoms with van der Waals surface area (Å²) in [6.07, 6.45) is -0.911. The predicted octanol–water partition coefficient (Wildman–Crippen LogP) is 5.62. The molecule has 2 amide bonds. The number of nitrogens with zero attached hydrogens (tertiary/aromatic N) is 4. The Morgan fingerprint density at radius 2 is 1.95 bits per heavy atom. The molecule has 4 rings (SSSR count). The molecule has 0 aliphatic carbocycles. The highest BCUT2D eigenvalue weighted by molar-refractivity contribution is 5.98. The second kappa shape index (κ2) is 11.1. The van der Waals surface area contributed by atoms with Gasteiger partial charge in [-0.1, -0.05) is 37.2 Å². The number of likely N-dealkylation sites (tertiary alicyclic amines) is 1. The molecule has 1 atom stereocenters. The minimum absolute atomic E-state index is 0.143. The summed E-state index contributed by atoms with van der Waals surface area (Å²) in [5, 5.41) is 17.9. The SMILES string of the molecule is CC(C)COc1ccc2cc(-c3noc(C4CCCN4C(=NC(=O)O)NC(=O)OC(C)(C)C)n3)ccc2c1. The van der Waals surface area contributed by atoms with Gasteiger partial charge in [-0.25, -0.2) is 9.59 Å². The van der Waals surface area contributed by atoms with E-state index >= 15 is 0 Å². The van der Waals surface area contributed by atoms with Crippen LogP contribution in [0, 0.1) is 5.92 Å². The van der Waals surface area contributed by atoms with Crippen LogP contribution in [0.15, 0.2) is 45.9 Å². The van der Waals surface area contributed by atoms with Crippen LogP contribution in [0.4, 0.5) is 9.59 Å². The normalized spacial score (nSPS) is 16.2. The summed E-state index contributed by atoms with van der Waals surface area (Å²) >= 11 is 0. The van der Waals surface area contributed by atoms with E-state index in [1.165, 1.54) is 0 Å². The Bertz CT molecular complexity index is 1340. The maximum absolute atomic E-state index is 12.3. The van der Waals surface area contributed by atoms with E-state index in [1.54, 1.807) is 25.7 Å². The van der Waals surface area contributed by atoms with Crippen molar-refractivity contribution in [2.24, 2.45) is 10.9 Å². The summed E-state index contributed by atoms with van der Waals surface area (Å²) in [5.74, 6) is 1.83. The van der Waals surface area contributed by atoms with E-state index in [-0.39, 0.29) is 5.96 Å². The summed E-state index contributed by atoms with van der Waals surface area (Å²) in [6.45, 7) is 10.5. The van der Waals surface area contributed by atoms with E-state index in [0.29, 0.717) is 43.6 Å². The number of alkyl carbamates (subject to hydrolysis) is 1. The van der Waals surface area contributed by atoms with Gasteiger partial charge < -0.3 is 24.0 Å². The third-order valence-corrected chi connectivity index (χ3v) is 5.72. The number of amides is 2. The Balaban J connectivity index is 1.54. The number of carbonyl (C=O) groups is 2. The van der Waals surface area contributed by atoms with Crippen LogP contribution in [0.25, 0.3) is 22.2 Å². The summed E-state index contributed by atoms with van der Waals surface area (Å²) in [5.41, 5.74) is 0.0198. The number of carboxylic acid groups (broad SMARTS) is 1. The van der Waals surface area contributed by atoms with Gasteiger partial charge in [0.1, 0.15) is 17.4 Å². The number of carbonyl (C=O) groups excluding carboxylic acids is 1. The van der Waals surface area contributed by atoms with Gasteiger partial charge >= 0.3 is 12.2 Å². The van der Waals surface area contributed by atoms with Crippen LogP contribution in [-0.4, -0.2) is 57.0 Å². The number of guanidine groups is 1. The van der Waals surface area contributed by atoms with Crippen molar-refractivity contribution in [3.8, 4) is 17.1 Å². The average molecular weight is 524 g/mol. The predicted molar refractivity (Wildman–Crippen MR) is 141 cm³/mol. The molecule has 202 valence electrons. The van der Waals surface area contributed by atoms with E-state index in [9.17, 15) is 14.7 Å². The van der Waals surface area contributed by atoms with Gasteiger partial charge in [-0.2, -0.15) is 4.98 Å². The molecule has 0 spiro atoms. The number of aromatic nitrogens is 2. The Hall–Kier alpha value is -4.15. The summed E-state index contributed by atoms with van der Waals surface area (Å²) in [7, 11) is 0. The smallest absolute Gasteiger partial charge is 0.434 e. The van der Waals surface area contributed by atoms with E-state index < -0.39 is 23.8 Å². The monoisotopic (exact) mass is 523 g/mol. The lowest BCUT2D eigenvalue weighted by atomic mass is 10.1. The zero-order valence-corrected chi connectivity index (χ0v) is 22.2. The first kappa shape index (κ1) is 26.9. The molecule has 2 aromatic carbocycles. The first-order valence-corrected chi connectivity index (χ1v) is 12.6. The number of aliphatic imine (C=N–C) groups is 1. The molecule has 11 heteroatoms. The average Bonchev–Trinajstić information content (AvgIpc) is 3.50. The number of ether oxygens (including phenoxy) is 2. The standard InChI is InChI=1S/C27H33N5O6/c1-16(2)15-36-20-11-10-17-13-19(9-8-18(17)14-20)22-28-23(38-31-22)21-7-6-12-32(21)24(29-25(33)34)30-26(35)37-27(3,4)5/h8-11,13-14,16,21H,6-7,12,15H2,1-5H3,(H,33,34)(H,29,30,35). The lowest BCUT2D eigenvalue weighted by Gasteiger charge is -2.26. The first-order valence-electron chi connectivity index (χ1n) is 12.6. The van der Waals surface area contributed by atoms with E-state index in [1.807, 2.05) is 36.4 Å². The molecule has 1 aliphatic rings. The van der Waals surface area contributed by atoms with Gasteiger partial charge in [0.15, 0.2) is 0 Å². The zero-order chi connectivity index (χ0) is 27.4. The van der Waals surface area contributed by atoms with E-state index in [2.05, 4.69) is 34.3 Å². The van der Waals surface area contributed by atoms with Crippen molar-refractivity contribution in [2.45, 2.75) is 59.1 Å². The molecule has 1 saturated heterocycles. The molecule has 1 aromatic heterocycles. The van der Waals surface area contributed by atoms with Gasteiger partial charge in [0.25, 0.3) is 0 Å². The molecular formula is C27H33N5O6. The van der Waals surface area contributed by atoms with Crippen molar-refractivity contribution >= 4 is 28.9 Å². The van der Waals surface area contributed by atoms with Crippen LogP contribution in [0.2, 0.25) is 0 Å². The van der Waals surface area contributed by atoms with Crippen molar-refractivity contribution in [1.82, 2.24) is 20.4 Å². The maximum atomic E-state index is 12.3. The molecule has 2 N–H and O–H groups in total. The van der Waals surface area contributed by atoms with Crippen LogP contribution in [-0.2, 0) is 4.74 Å². The highest BCUT2D eigenvalue weighted by Crippen LogP contribution is 2.33. The Morgan fingerprint density at radius 3 is 2.66 bits per heavy atom. The minimum Gasteiger partial charge on any atom is -0.493 e.